The van der Waals surface area contributed by atoms with Gasteiger partial charge in [-0.25, -0.2) is 0 Å². The van der Waals surface area contributed by atoms with Crippen molar-refractivity contribution in [3.8, 4) is 11.5 Å². The molecule has 2 amide bonds. The van der Waals surface area contributed by atoms with Crippen LogP contribution < -0.4 is 14.4 Å². The van der Waals surface area contributed by atoms with Crippen molar-refractivity contribution in [2.24, 2.45) is 0 Å². The molecule has 0 bridgehead atoms. The third-order valence-electron chi connectivity index (χ3n) is 6.42. The Morgan fingerprint density at radius 1 is 0.895 bits per heavy atom. The number of aryl methyl sites for hydroxylation is 1. The molecule has 0 fully saturated rings. The van der Waals surface area contributed by atoms with Crippen molar-refractivity contribution in [1.29, 1.82) is 0 Å². The summed E-state index contributed by atoms with van der Waals surface area (Å²) in [6, 6.07) is 5.36. The van der Waals surface area contributed by atoms with E-state index in [1.54, 1.807) is 36.8 Å². The molecule has 3 rings (SSSR count). The molecule has 0 aromatic heterocycles. The molecule has 0 unspecified atom stereocenters. The van der Waals surface area contributed by atoms with Crippen molar-refractivity contribution >= 4 is 29.4 Å². The number of esters is 2. The molecule has 1 aliphatic heterocycles. The molecule has 2 aromatic rings. The van der Waals surface area contributed by atoms with Crippen LogP contribution in [-0.2, 0) is 27.5 Å². The Morgan fingerprint density at radius 3 is 2.13 bits per heavy atom. The molecule has 0 aliphatic carbocycles. The Kier molecular flexibility index (Phi) is 8.73. The normalized spacial score (nSPS) is 12.6. The van der Waals surface area contributed by atoms with Gasteiger partial charge in [0.2, 0.25) is 5.91 Å². The lowest BCUT2D eigenvalue weighted by molar-refractivity contribution is -0.132. The number of nitrogens with zero attached hydrogens (tertiary/aromatic N) is 3. The third-order valence-corrected chi connectivity index (χ3v) is 6.42. The second-order valence-electron chi connectivity index (χ2n) is 9.83. The molecule has 1 aliphatic rings. The highest BCUT2D eigenvalue weighted by molar-refractivity contribution is 6.03. The molecule has 202 valence electrons. The van der Waals surface area contributed by atoms with Gasteiger partial charge < -0.3 is 24.2 Å². The Labute approximate surface area is 223 Å². The summed E-state index contributed by atoms with van der Waals surface area (Å²) in [7, 11) is 5.58. The smallest absolute Gasteiger partial charge is 0.308 e. The van der Waals surface area contributed by atoms with Crippen molar-refractivity contribution in [3.63, 3.8) is 0 Å². The summed E-state index contributed by atoms with van der Waals surface area (Å²) in [5, 5.41) is 0. The molecule has 1 heterocycles. The number of rotatable bonds is 7. The summed E-state index contributed by atoms with van der Waals surface area (Å²) < 4.78 is 10.7. The first-order valence-electron chi connectivity index (χ1n) is 12.3. The molecule has 0 saturated carbocycles. The van der Waals surface area contributed by atoms with Gasteiger partial charge in [-0.1, -0.05) is 12.1 Å². The van der Waals surface area contributed by atoms with Crippen LogP contribution in [-0.4, -0.2) is 61.2 Å². The van der Waals surface area contributed by atoms with Gasteiger partial charge in [-0.3, -0.25) is 19.2 Å². The molecular weight excluding hydrogens is 486 g/mol. The first-order chi connectivity index (χ1) is 17.8. The lowest BCUT2D eigenvalue weighted by Gasteiger charge is -2.22. The van der Waals surface area contributed by atoms with Gasteiger partial charge in [0.05, 0.1) is 5.56 Å². The number of amides is 2. The van der Waals surface area contributed by atoms with Crippen molar-refractivity contribution in [2.75, 3.05) is 32.6 Å². The van der Waals surface area contributed by atoms with Crippen LogP contribution in [0, 0.1) is 20.8 Å². The second kappa shape index (κ2) is 11.6. The minimum atomic E-state index is -0.596. The van der Waals surface area contributed by atoms with Crippen LogP contribution in [0.5, 0.6) is 11.5 Å². The highest BCUT2D eigenvalue weighted by Gasteiger charge is 2.32. The number of hydrogen-bond acceptors (Lipinski definition) is 7. The SMILES string of the molecule is CC(=O)Oc1cc(OC(C)=O)c(C(=O)N2Cc3cc(C)cc(N(C)C(=O)/C=C/CN(C)C)c3C2)c(C)c1C. The van der Waals surface area contributed by atoms with Gasteiger partial charge in [0.25, 0.3) is 5.91 Å². The predicted octanol–water partition coefficient (Wildman–Crippen LogP) is 3.70. The maximum absolute atomic E-state index is 13.9. The fourth-order valence-corrected chi connectivity index (χ4v) is 4.46. The minimum absolute atomic E-state index is 0.0348. The van der Waals surface area contributed by atoms with E-state index in [0.29, 0.717) is 24.2 Å². The number of likely N-dealkylation sites (N-methyl/N-ethyl adjacent to an activating group) is 2. The van der Waals surface area contributed by atoms with Crippen LogP contribution >= 0.6 is 0 Å². The van der Waals surface area contributed by atoms with Gasteiger partial charge >= 0.3 is 11.9 Å². The number of anilines is 1. The summed E-state index contributed by atoms with van der Waals surface area (Å²) in [4.78, 5) is 55.4. The van der Waals surface area contributed by atoms with Gasteiger partial charge in [0.15, 0.2) is 0 Å². The molecule has 0 N–H and O–H groups in total. The van der Waals surface area contributed by atoms with E-state index < -0.39 is 11.9 Å². The van der Waals surface area contributed by atoms with Crippen LogP contribution in [0.2, 0.25) is 0 Å². The summed E-state index contributed by atoms with van der Waals surface area (Å²) in [6.45, 7) is 9.22. The standard InChI is InChI=1S/C29H35N3O6/c1-17-12-22-15-32(16-23(22)24(13-17)31(8)27(35)10-9-11-30(6)7)29(36)28-19(3)18(2)25(37-20(4)33)14-26(28)38-21(5)34/h9-10,12-14H,11,15-16H2,1-8H3/b10-9+. The summed E-state index contributed by atoms with van der Waals surface area (Å²) in [5.74, 6) is -1.33. The third kappa shape index (κ3) is 6.28. The molecule has 0 radical (unpaired) electrons. The Bertz CT molecular complexity index is 1330. The molecule has 38 heavy (non-hydrogen) atoms. The van der Waals surface area contributed by atoms with Crippen LogP contribution in [0.1, 0.15) is 52.0 Å². The zero-order chi connectivity index (χ0) is 28.3. The van der Waals surface area contributed by atoms with Gasteiger partial charge in [0, 0.05) is 63.9 Å². The maximum Gasteiger partial charge on any atom is 0.308 e. The van der Waals surface area contributed by atoms with Crippen molar-refractivity contribution in [2.45, 2.75) is 47.7 Å². The Morgan fingerprint density at radius 2 is 1.53 bits per heavy atom. The minimum Gasteiger partial charge on any atom is -0.426 e. The van der Waals surface area contributed by atoms with Crippen molar-refractivity contribution in [1.82, 2.24) is 9.80 Å². The van der Waals surface area contributed by atoms with E-state index in [1.807, 2.05) is 44.1 Å². The predicted molar refractivity (Wildman–Crippen MR) is 144 cm³/mol. The summed E-state index contributed by atoms with van der Waals surface area (Å²) >= 11 is 0. The number of carbonyl (C=O) groups excluding carboxylic acids is 4. The average Bonchev–Trinajstić information content (AvgIpc) is 3.24. The van der Waals surface area contributed by atoms with E-state index in [-0.39, 0.29) is 35.4 Å². The molecule has 0 spiro atoms. The fourth-order valence-electron chi connectivity index (χ4n) is 4.46. The Balaban J connectivity index is 1.98. The van der Waals surface area contributed by atoms with Gasteiger partial charge in [-0.15, -0.1) is 0 Å². The first kappa shape index (κ1) is 28.6. The largest absolute Gasteiger partial charge is 0.426 e. The van der Waals surface area contributed by atoms with Crippen LogP contribution in [0.25, 0.3) is 0 Å². The Hall–Kier alpha value is -3.98. The van der Waals surface area contributed by atoms with Crippen LogP contribution in [0.15, 0.2) is 30.4 Å². The number of carbonyl (C=O) groups is 4. The molecule has 2 aromatic carbocycles. The van der Waals surface area contributed by atoms with Gasteiger partial charge in [0.1, 0.15) is 11.5 Å². The fraction of sp³-hybridized carbons (Fsp3) is 0.379. The van der Waals surface area contributed by atoms with E-state index in [0.717, 1.165) is 22.4 Å². The highest BCUT2D eigenvalue weighted by Crippen LogP contribution is 2.38. The second-order valence-corrected chi connectivity index (χ2v) is 9.83. The van der Waals surface area contributed by atoms with Crippen molar-refractivity contribution < 1.29 is 28.7 Å². The van der Waals surface area contributed by atoms with E-state index in [9.17, 15) is 19.2 Å². The quantitative estimate of drug-likeness (QED) is 0.311. The molecule has 0 atom stereocenters. The van der Waals surface area contributed by atoms with Crippen LogP contribution in [0.4, 0.5) is 5.69 Å². The number of hydrogen-bond donors (Lipinski definition) is 0. The zero-order valence-electron chi connectivity index (χ0n) is 23.3. The number of ether oxygens (including phenoxy) is 2. The first-order valence-corrected chi connectivity index (χ1v) is 12.3. The van der Waals surface area contributed by atoms with E-state index in [4.69, 9.17) is 9.47 Å². The summed E-state index contributed by atoms with van der Waals surface area (Å²) in [6.07, 6.45) is 3.36. The highest BCUT2D eigenvalue weighted by atomic mass is 16.5. The lowest BCUT2D eigenvalue weighted by Crippen LogP contribution is -2.28. The van der Waals surface area contributed by atoms with E-state index in [2.05, 4.69) is 0 Å². The van der Waals surface area contributed by atoms with Gasteiger partial charge in [-0.2, -0.15) is 0 Å². The molecule has 9 heteroatoms. The molecular formula is C29H35N3O6. The lowest BCUT2D eigenvalue weighted by atomic mass is 9.99. The number of fused-ring (bicyclic) bond motifs is 1. The molecule has 0 saturated heterocycles. The number of benzene rings is 2. The van der Waals surface area contributed by atoms with E-state index in [1.165, 1.54) is 19.9 Å². The monoisotopic (exact) mass is 521 g/mol. The topological polar surface area (TPSA) is 96.5 Å². The average molecular weight is 522 g/mol. The van der Waals surface area contributed by atoms with E-state index >= 15 is 0 Å². The summed E-state index contributed by atoms with van der Waals surface area (Å²) in [5.41, 5.74) is 4.94. The van der Waals surface area contributed by atoms with Crippen molar-refractivity contribution in [3.05, 3.63) is 63.7 Å². The van der Waals surface area contributed by atoms with Crippen LogP contribution in [0.3, 0.4) is 0 Å². The zero-order valence-corrected chi connectivity index (χ0v) is 23.3. The molecule has 9 nitrogen and oxygen atoms in total. The maximum atomic E-state index is 13.9. The van der Waals surface area contributed by atoms with Gasteiger partial charge in [-0.05, 0) is 63.2 Å².